The van der Waals surface area contributed by atoms with E-state index < -0.39 is 6.10 Å². The fourth-order valence-electron chi connectivity index (χ4n) is 2.68. The Kier molecular flexibility index (Phi) is 5.97. The molecular formula is C19H23ClN2O2. The third-order valence-electron chi connectivity index (χ3n) is 3.75. The second-order valence-corrected chi connectivity index (χ2v) is 7.22. The summed E-state index contributed by atoms with van der Waals surface area (Å²) in [7, 11) is 0. The summed E-state index contributed by atoms with van der Waals surface area (Å²) >= 11 is 6.19. The summed E-state index contributed by atoms with van der Waals surface area (Å²) in [6.07, 6.45) is 1.91. The van der Waals surface area contributed by atoms with Crippen LogP contribution in [0.3, 0.4) is 0 Å². The summed E-state index contributed by atoms with van der Waals surface area (Å²) in [6.45, 7) is 6.22. The van der Waals surface area contributed by atoms with Gasteiger partial charge in [-0.15, -0.1) is 0 Å². The molecule has 2 aromatic rings. The summed E-state index contributed by atoms with van der Waals surface area (Å²) in [5.41, 5.74) is 1.85. The molecule has 1 unspecified atom stereocenters. The highest BCUT2D eigenvalue weighted by molar-refractivity contribution is 6.34. The minimum atomic E-state index is -0.409. The average molecular weight is 347 g/mol. The van der Waals surface area contributed by atoms with Crippen molar-refractivity contribution in [3.63, 3.8) is 0 Å². The number of hydrogen-bond donors (Lipinski definition) is 2. The lowest BCUT2D eigenvalue weighted by Crippen LogP contribution is -2.35. The molecule has 4 nitrogen and oxygen atoms in total. The molecule has 0 aliphatic rings. The number of carbonyl (C=O) groups is 1. The van der Waals surface area contributed by atoms with Crippen LogP contribution in [0.15, 0.2) is 42.6 Å². The third-order valence-corrected chi connectivity index (χ3v) is 4.08. The first-order valence-corrected chi connectivity index (χ1v) is 8.33. The van der Waals surface area contributed by atoms with Gasteiger partial charge in [-0.1, -0.05) is 37.6 Å². The van der Waals surface area contributed by atoms with E-state index >= 15 is 0 Å². The molecule has 5 heteroatoms. The summed E-state index contributed by atoms with van der Waals surface area (Å²) in [6, 6.07) is 10.9. The Balaban J connectivity index is 2.15. The highest BCUT2D eigenvalue weighted by Crippen LogP contribution is 2.25. The van der Waals surface area contributed by atoms with Crippen LogP contribution in [0.4, 0.5) is 0 Å². The number of hydrogen-bond acceptors (Lipinski definition) is 3. The molecule has 24 heavy (non-hydrogen) atoms. The predicted molar refractivity (Wildman–Crippen MR) is 97.1 cm³/mol. The lowest BCUT2D eigenvalue weighted by Gasteiger charge is -2.26. The van der Waals surface area contributed by atoms with Gasteiger partial charge in [0, 0.05) is 18.3 Å². The highest BCUT2D eigenvalue weighted by Gasteiger charge is 2.22. The van der Waals surface area contributed by atoms with Crippen molar-refractivity contribution in [1.82, 2.24) is 10.3 Å². The van der Waals surface area contributed by atoms with E-state index in [-0.39, 0.29) is 11.3 Å². The molecule has 1 aromatic heterocycles. The topological polar surface area (TPSA) is 62.2 Å². The van der Waals surface area contributed by atoms with Gasteiger partial charge in [-0.25, -0.2) is 0 Å². The van der Waals surface area contributed by atoms with Gasteiger partial charge in [0.1, 0.15) is 0 Å². The fourth-order valence-corrected chi connectivity index (χ4v) is 2.88. The Hall–Kier alpha value is -1.91. The van der Waals surface area contributed by atoms with Crippen molar-refractivity contribution >= 4 is 17.5 Å². The van der Waals surface area contributed by atoms with Crippen LogP contribution in [0.1, 0.15) is 37.6 Å². The number of aromatic nitrogens is 1. The van der Waals surface area contributed by atoms with E-state index in [0.29, 0.717) is 23.6 Å². The Bertz CT molecular complexity index is 700. The molecule has 0 saturated heterocycles. The van der Waals surface area contributed by atoms with Gasteiger partial charge in [0.2, 0.25) is 0 Å². The van der Waals surface area contributed by atoms with Crippen LogP contribution in [0, 0.1) is 5.41 Å². The molecule has 0 bridgehead atoms. The molecule has 0 aliphatic heterocycles. The van der Waals surface area contributed by atoms with Crippen molar-refractivity contribution in [3.05, 3.63) is 53.2 Å². The van der Waals surface area contributed by atoms with Crippen molar-refractivity contribution in [1.29, 1.82) is 0 Å². The van der Waals surface area contributed by atoms with Gasteiger partial charge in [-0.05, 0) is 43.0 Å². The molecule has 2 N–H and O–H groups in total. The molecule has 1 amide bonds. The number of halogens is 1. The van der Waals surface area contributed by atoms with Crippen LogP contribution in [0.25, 0.3) is 11.3 Å². The smallest absolute Gasteiger partial charge is 0.252 e. The first-order chi connectivity index (χ1) is 11.3. The number of rotatable bonds is 6. The van der Waals surface area contributed by atoms with Crippen molar-refractivity contribution in [2.75, 3.05) is 6.54 Å². The molecule has 0 saturated carbocycles. The molecule has 1 aromatic carbocycles. The Morgan fingerprint density at radius 1 is 1.33 bits per heavy atom. The number of benzene rings is 1. The zero-order valence-corrected chi connectivity index (χ0v) is 15.0. The monoisotopic (exact) mass is 346 g/mol. The van der Waals surface area contributed by atoms with Gasteiger partial charge >= 0.3 is 0 Å². The number of nitrogens with zero attached hydrogens (tertiary/aromatic N) is 1. The maximum Gasteiger partial charge on any atom is 0.252 e. The Labute approximate surface area is 147 Å². The van der Waals surface area contributed by atoms with Crippen LogP contribution in [-0.2, 0) is 0 Å². The van der Waals surface area contributed by atoms with Gasteiger partial charge in [-0.3, -0.25) is 9.78 Å². The lowest BCUT2D eigenvalue weighted by molar-refractivity contribution is 0.0902. The average Bonchev–Trinajstić information content (AvgIpc) is 2.53. The third kappa shape index (κ3) is 5.05. The predicted octanol–water partition coefficient (Wildman–Crippen LogP) is 3.93. The first kappa shape index (κ1) is 18.4. The van der Waals surface area contributed by atoms with E-state index in [2.05, 4.69) is 10.3 Å². The van der Waals surface area contributed by atoms with E-state index in [9.17, 15) is 9.90 Å². The standard InChI is InChI=1S/C19H23ClN2O2/c1-13(23)11-19(2,3)12-22-18(24)15-10-14(7-8-16(15)20)17-6-4-5-9-21-17/h4-10,13,23H,11-12H2,1-3H3,(H,22,24). The number of nitrogens with one attached hydrogen (secondary N) is 1. The molecule has 0 fully saturated rings. The summed E-state index contributed by atoms with van der Waals surface area (Å²) in [5, 5.41) is 12.8. The van der Waals surface area contributed by atoms with Gasteiger partial charge < -0.3 is 10.4 Å². The van der Waals surface area contributed by atoms with Crippen LogP contribution < -0.4 is 5.32 Å². The minimum Gasteiger partial charge on any atom is -0.393 e. The van der Waals surface area contributed by atoms with Gasteiger partial charge in [0.25, 0.3) is 5.91 Å². The molecule has 128 valence electrons. The second-order valence-electron chi connectivity index (χ2n) is 6.81. The van der Waals surface area contributed by atoms with E-state index in [1.54, 1.807) is 25.3 Å². The van der Waals surface area contributed by atoms with Crippen molar-refractivity contribution in [3.8, 4) is 11.3 Å². The van der Waals surface area contributed by atoms with Gasteiger partial charge in [0.05, 0.1) is 22.4 Å². The first-order valence-electron chi connectivity index (χ1n) is 7.96. The zero-order valence-electron chi connectivity index (χ0n) is 14.2. The molecule has 2 rings (SSSR count). The van der Waals surface area contributed by atoms with Crippen LogP contribution in [0.5, 0.6) is 0 Å². The normalized spacial score (nSPS) is 12.7. The Morgan fingerprint density at radius 2 is 2.08 bits per heavy atom. The van der Waals surface area contributed by atoms with Crippen LogP contribution in [-0.4, -0.2) is 28.6 Å². The Morgan fingerprint density at radius 3 is 2.71 bits per heavy atom. The maximum absolute atomic E-state index is 12.5. The van der Waals surface area contributed by atoms with E-state index in [0.717, 1.165) is 11.3 Å². The SMILES string of the molecule is CC(O)CC(C)(C)CNC(=O)c1cc(-c2ccccn2)ccc1Cl. The van der Waals surface area contributed by atoms with E-state index in [4.69, 9.17) is 11.6 Å². The molecule has 0 spiro atoms. The van der Waals surface area contributed by atoms with Crippen molar-refractivity contribution < 1.29 is 9.90 Å². The number of aliphatic hydroxyl groups excluding tert-OH is 1. The largest absolute Gasteiger partial charge is 0.393 e. The summed E-state index contributed by atoms with van der Waals surface area (Å²) < 4.78 is 0. The molecule has 1 atom stereocenters. The van der Waals surface area contributed by atoms with E-state index in [1.807, 2.05) is 38.1 Å². The van der Waals surface area contributed by atoms with Crippen molar-refractivity contribution in [2.24, 2.45) is 5.41 Å². The highest BCUT2D eigenvalue weighted by atomic mass is 35.5. The summed E-state index contributed by atoms with van der Waals surface area (Å²) in [4.78, 5) is 16.8. The zero-order chi connectivity index (χ0) is 17.7. The molecule has 1 heterocycles. The number of carbonyl (C=O) groups excluding carboxylic acids is 1. The number of aliphatic hydroxyl groups is 1. The molecule has 0 aliphatic carbocycles. The van der Waals surface area contributed by atoms with Gasteiger partial charge in [0.15, 0.2) is 0 Å². The van der Waals surface area contributed by atoms with E-state index in [1.165, 1.54) is 0 Å². The molecule has 0 radical (unpaired) electrons. The lowest BCUT2D eigenvalue weighted by atomic mass is 9.87. The van der Waals surface area contributed by atoms with Crippen molar-refractivity contribution in [2.45, 2.75) is 33.3 Å². The quantitative estimate of drug-likeness (QED) is 0.833. The number of pyridine rings is 1. The molecular weight excluding hydrogens is 324 g/mol. The van der Waals surface area contributed by atoms with Crippen LogP contribution >= 0.6 is 11.6 Å². The maximum atomic E-state index is 12.5. The second kappa shape index (κ2) is 7.77. The number of amides is 1. The fraction of sp³-hybridized carbons (Fsp3) is 0.368. The van der Waals surface area contributed by atoms with Gasteiger partial charge in [-0.2, -0.15) is 0 Å². The van der Waals surface area contributed by atoms with Crippen LogP contribution in [0.2, 0.25) is 5.02 Å². The summed E-state index contributed by atoms with van der Waals surface area (Å²) in [5.74, 6) is -0.226. The minimum absolute atomic E-state index is 0.200.